The Morgan fingerprint density at radius 1 is 0.846 bits per heavy atom. The second kappa shape index (κ2) is 7.80. The molecule has 0 spiro atoms. The highest BCUT2D eigenvalue weighted by molar-refractivity contribution is 7.57. The molecule has 1 saturated heterocycles. The summed E-state index contributed by atoms with van der Waals surface area (Å²) in [5.74, 6) is 0. The van der Waals surface area contributed by atoms with Gasteiger partial charge in [-0.15, -0.1) is 7.92 Å². The van der Waals surface area contributed by atoms with Gasteiger partial charge in [0, 0.05) is 0 Å². The first-order chi connectivity index (χ1) is 6.43. The Kier molecular flexibility index (Phi) is 6.90. The largest absolute Gasteiger partial charge is 0.107 e. The molecule has 0 aromatic heterocycles. The molecule has 0 nitrogen and oxygen atoms in total. The second-order valence-electron chi connectivity index (χ2n) is 4.32. The van der Waals surface area contributed by atoms with E-state index in [1.54, 1.807) is 31.3 Å². The summed E-state index contributed by atoms with van der Waals surface area (Å²) in [7, 11) is 0.485. The summed E-state index contributed by atoms with van der Waals surface area (Å²) >= 11 is 0. The van der Waals surface area contributed by atoms with Gasteiger partial charge in [-0.1, -0.05) is 39.0 Å². The van der Waals surface area contributed by atoms with Crippen LogP contribution >= 0.6 is 7.92 Å². The zero-order chi connectivity index (χ0) is 9.36. The first kappa shape index (κ1) is 11.5. The number of rotatable bonds is 5. The highest BCUT2D eigenvalue weighted by Gasteiger charge is 2.10. The highest BCUT2D eigenvalue weighted by atomic mass is 31.1. The van der Waals surface area contributed by atoms with Crippen molar-refractivity contribution >= 4 is 7.92 Å². The Morgan fingerprint density at radius 3 is 2.15 bits per heavy atom. The molecule has 0 aromatic rings. The molecule has 0 saturated carbocycles. The van der Waals surface area contributed by atoms with E-state index in [0.29, 0.717) is 7.92 Å². The van der Waals surface area contributed by atoms with Crippen LogP contribution in [0.2, 0.25) is 0 Å². The number of hydrogen-bond acceptors (Lipinski definition) is 0. The van der Waals surface area contributed by atoms with E-state index in [0.717, 1.165) is 0 Å². The van der Waals surface area contributed by atoms with Crippen molar-refractivity contribution in [3.63, 3.8) is 0 Å². The normalized spacial score (nSPS) is 20.1. The molecule has 1 aliphatic rings. The van der Waals surface area contributed by atoms with Crippen LogP contribution in [-0.4, -0.2) is 18.5 Å². The summed E-state index contributed by atoms with van der Waals surface area (Å²) in [5.41, 5.74) is 0. The highest BCUT2D eigenvalue weighted by Crippen LogP contribution is 2.41. The van der Waals surface area contributed by atoms with Crippen molar-refractivity contribution in [2.24, 2.45) is 0 Å². The van der Waals surface area contributed by atoms with Crippen LogP contribution in [0.5, 0.6) is 0 Å². The fourth-order valence-corrected chi connectivity index (χ4v) is 4.81. The van der Waals surface area contributed by atoms with Gasteiger partial charge >= 0.3 is 0 Å². The lowest BCUT2D eigenvalue weighted by molar-refractivity contribution is 0.704. The maximum Gasteiger partial charge on any atom is -0.0326 e. The van der Waals surface area contributed by atoms with Gasteiger partial charge in [-0.25, -0.2) is 0 Å². The minimum Gasteiger partial charge on any atom is -0.107 e. The van der Waals surface area contributed by atoms with Crippen molar-refractivity contribution in [3.05, 3.63) is 0 Å². The molecule has 13 heavy (non-hydrogen) atoms. The Hall–Kier alpha value is 0.430. The number of hydrogen-bond donors (Lipinski definition) is 0. The van der Waals surface area contributed by atoms with Gasteiger partial charge < -0.3 is 0 Å². The fraction of sp³-hybridized carbons (Fsp3) is 1.00. The van der Waals surface area contributed by atoms with Gasteiger partial charge in [0.05, 0.1) is 0 Å². The summed E-state index contributed by atoms with van der Waals surface area (Å²) in [5, 5.41) is 0. The summed E-state index contributed by atoms with van der Waals surface area (Å²) < 4.78 is 0. The monoisotopic (exact) mass is 200 g/mol. The van der Waals surface area contributed by atoms with E-state index in [2.05, 4.69) is 6.92 Å². The molecule has 78 valence electrons. The maximum absolute atomic E-state index is 2.30. The molecule has 0 aromatic carbocycles. The Labute approximate surface area is 85.2 Å². The topological polar surface area (TPSA) is 0 Å². The van der Waals surface area contributed by atoms with Crippen LogP contribution in [0.4, 0.5) is 0 Å². The zero-order valence-corrected chi connectivity index (χ0v) is 10.1. The van der Waals surface area contributed by atoms with Crippen LogP contribution in [0.15, 0.2) is 0 Å². The molecule has 0 amide bonds. The Bertz CT molecular complexity index is 104. The van der Waals surface area contributed by atoms with E-state index in [4.69, 9.17) is 0 Å². The van der Waals surface area contributed by atoms with Crippen LogP contribution in [-0.2, 0) is 0 Å². The molecule has 1 heterocycles. The molecule has 0 atom stereocenters. The van der Waals surface area contributed by atoms with Gasteiger partial charge in [-0.3, -0.25) is 0 Å². The van der Waals surface area contributed by atoms with Gasteiger partial charge in [-0.05, 0) is 37.7 Å². The average Bonchev–Trinajstić information content (AvgIpc) is 2.41. The minimum atomic E-state index is 0.485. The quantitative estimate of drug-likeness (QED) is 0.448. The van der Waals surface area contributed by atoms with Crippen LogP contribution in [0.1, 0.15) is 58.3 Å². The molecule has 0 bridgehead atoms. The number of unbranched alkanes of at least 4 members (excludes halogenated alkanes) is 3. The summed E-state index contributed by atoms with van der Waals surface area (Å²) in [6, 6.07) is 0. The lowest BCUT2D eigenvalue weighted by Crippen LogP contribution is -1.92. The molecular weight excluding hydrogens is 175 g/mol. The van der Waals surface area contributed by atoms with E-state index in [1.807, 2.05) is 0 Å². The fourth-order valence-electron chi connectivity index (χ4n) is 2.12. The van der Waals surface area contributed by atoms with Crippen molar-refractivity contribution in [2.45, 2.75) is 58.3 Å². The van der Waals surface area contributed by atoms with Gasteiger partial charge in [0.15, 0.2) is 0 Å². The van der Waals surface area contributed by atoms with E-state index in [1.165, 1.54) is 38.5 Å². The average molecular weight is 200 g/mol. The summed E-state index contributed by atoms with van der Waals surface area (Å²) in [6.45, 7) is 2.30. The smallest absolute Gasteiger partial charge is 0.0326 e. The lowest BCUT2D eigenvalue weighted by Gasteiger charge is -2.14. The van der Waals surface area contributed by atoms with Gasteiger partial charge in [-0.2, -0.15) is 0 Å². The third-order valence-corrected chi connectivity index (χ3v) is 5.87. The van der Waals surface area contributed by atoms with E-state index in [9.17, 15) is 0 Å². The summed E-state index contributed by atoms with van der Waals surface area (Å²) in [4.78, 5) is 0. The van der Waals surface area contributed by atoms with Crippen LogP contribution in [0.3, 0.4) is 0 Å². The molecule has 0 unspecified atom stereocenters. The lowest BCUT2D eigenvalue weighted by atomic mass is 10.2. The molecule has 1 aliphatic heterocycles. The van der Waals surface area contributed by atoms with Crippen LogP contribution < -0.4 is 0 Å². The molecule has 1 heteroatoms. The molecular formula is C12H25P. The van der Waals surface area contributed by atoms with Gasteiger partial charge in [0.1, 0.15) is 0 Å². The molecule has 1 rings (SSSR count). The van der Waals surface area contributed by atoms with Crippen molar-refractivity contribution in [2.75, 3.05) is 18.5 Å². The minimum absolute atomic E-state index is 0.485. The van der Waals surface area contributed by atoms with Crippen molar-refractivity contribution in [1.29, 1.82) is 0 Å². The van der Waals surface area contributed by atoms with Gasteiger partial charge in [0.25, 0.3) is 0 Å². The van der Waals surface area contributed by atoms with E-state index >= 15 is 0 Å². The Morgan fingerprint density at radius 2 is 1.54 bits per heavy atom. The molecule has 0 aliphatic carbocycles. The first-order valence-electron chi connectivity index (χ1n) is 6.16. The van der Waals surface area contributed by atoms with Gasteiger partial charge in [0.2, 0.25) is 0 Å². The van der Waals surface area contributed by atoms with E-state index in [-0.39, 0.29) is 0 Å². The van der Waals surface area contributed by atoms with E-state index < -0.39 is 0 Å². The second-order valence-corrected chi connectivity index (χ2v) is 7.00. The summed E-state index contributed by atoms with van der Waals surface area (Å²) in [6.07, 6.45) is 16.8. The van der Waals surface area contributed by atoms with Crippen molar-refractivity contribution < 1.29 is 0 Å². The predicted octanol–water partition coefficient (Wildman–Crippen LogP) is 4.62. The molecule has 0 radical (unpaired) electrons. The third kappa shape index (κ3) is 5.68. The van der Waals surface area contributed by atoms with Crippen LogP contribution in [0.25, 0.3) is 0 Å². The first-order valence-corrected chi connectivity index (χ1v) is 8.05. The van der Waals surface area contributed by atoms with Crippen LogP contribution in [0, 0.1) is 0 Å². The SMILES string of the molecule is CCCCCCP1CCCCCC1. The zero-order valence-electron chi connectivity index (χ0n) is 9.23. The standard InChI is InChI=1S/C12H25P/c1-2-3-4-7-10-13-11-8-5-6-9-12-13/h2-12H2,1H3. The third-order valence-electron chi connectivity index (χ3n) is 3.03. The van der Waals surface area contributed by atoms with Crippen molar-refractivity contribution in [1.82, 2.24) is 0 Å². The van der Waals surface area contributed by atoms with Crippen molar-refractivity contribution in [3.8, 4) is 0 Å². The predicted molar refractivity (Wildman–Crippen MR) is 64.1 cm³/mol. The maximum atomic E-state index is 2.30. The Balaban J connectivity index is 1.98. The molecule has 0 N–H and O–H groups in total. The molecule has 1 fully saturated rings.